The van der Waals surface area contributed by atoms with E-state index >= 15 is 0 Å². The van der Waals surface area contributed by atoms with E-state index in [1.54, 1.807) is 24.3 Å². The van der Waals surface area contributed by atoms with Gasteiger partial charge in [-0.3, -0.25) is 4.79 Å². The molecule has 1 aliphatic rings. The molecule has 5 nitrogen and oxygen atoms in total. The zero-order chi connectivity index (χ0) is 18.6. The maximum Gasteiger partial charge on any atom is 0.243 e. The highest BCUT2D eigenvalue weighted by Gasteiger charge is 2.26. The van der Waals surface area contributed by atoms with Crippen molar-refractivity contribution >= 4 is 37.5 Å². The molecule has 2 aromatic carbocycles. The fourth-order valence-corrected chi connectivity index (χ4v) is 4.84. The van der Waals surface area contributed by atoms with Crippen molar-refractivity contribution in [2.45, 2.75) is 30.6 Å². The van der Waals surface area contributed by atoms with E-state index in [0.717, 1.165) is 28.6 Å². The molecule has 0 atom stereocenters. The zero-order valence-corrected chi connectivity index (χ0v) is 16.7. The van der Waals surface area contributed by atoms with Crippen molar-refractivity contribution in [3.05, 3.63) is 58.6 Å². The minimum Gasteiger partial charge on any atom is -0.325 e. The van der Waals surface area contributed by atoms with Crippen molar-refractivity contribution in [3.8, 4) is 0 Å². The quantitative estimate of drug-likeness (QED) is 0.748. The monoisotopic (exact) mass is 436 g/mol. The van der Waals surface area contributed by atoms with Gasteiger partial charge in [-0.15, -0.1) is 0 Å². The Labute approximate surface area is 162 Å². The number of rotatable bonds is 6. The number of anilines is 1. The number of sulfonamides is 1. The highest BCUT2D eigenvalue weighted by molar-refractivity contribution is 9.10. The Hall–Kier alpha value is -1.70. The van der Waals surface area contributed by atoms with Crippen LogP contribution < -0.4 is 5.32 Å². The minimum absolute atomic E-state index is 0.0781. The van der Waals surface area contributed by atoms with E-state index in [4.69, 9.17) is 0 Å². The van der Waals surface area contributed by atoms with Gasteiger partial charge < -0.3 is 5.32 Å². The first kappa shape index (κ1) is 19.1. The van der Waals surface area contributed by atoms with Crippen LogP contribution in [0.1, 0.15) is 24.8 Å². The third kappa shape index (κ3) is 4.52. The molecule has 0 aromatic heterocycles. The van der Waals surface area contributed by atoms with Crippen LogP contribution in [-0.2, 0) is 21.2 Å². The van der Waals surface area contributed by atoms with Crippen molar-refractivity contribution in [1.82, 2.24) is 4.31 Å². The van der Waals surface area contributed by atoms with Gasteiger partial charge in [0.05, 0.1) is 10.6 Å². The number of amides is 1. The first-order valence-corrected chi connectivity index (χ1v) is 10.8. The average Bonchev–Trinajstić information content (AvgIpc) is 3.18. The van der Waals surface area contributed by atoms with Gasteiger partial charge in [-0.2, -0.15) is 4.31 Å². The molecular weight excluding hydrogens is 416 g/mol. The normalized spacial score (nSPS) is 15.1. The van der Waals surface area contributed by atoms with Crippen LogP contribution in [-0.4, -0.2) is 31.7 Å². The molecule has 1 saturated heterocycles. The number of benzene rings is 2. The lowest BCUT2D eigenvalue weighted by Gasteiger charge is -2.15. The summed E-state index contributed by atoms with van der Waals surface area (Å²) in [6, 6.07) is 14.3. The van der Waals surface area contributed by atoms with Crippen LogP contribution in [0, 0.1) is 0 Å². The molecular formula is C19H21BrN2O3S. The number of carbonyl (C=O) groups is 1. The molecule has 0 saturated carbocycles. The van der Waals surface area contributed by atoms with Gasteiger partial charge in [-0.1, -0.05) is 24.3 Å². The first-order chi connectivity index (χ1) is 12.5. The molecule has 0 radical (unpaired) electrons. The van der Waals surface area contributed by atoms with Crippen molar-refractivity contribution in [2.24, 2.45) is 0 Å². The number of hydrogen-bond donors (Lipinski definition) is 1. The van der Waals surface area contributed by atoms with E-state index in [9.17, 15) is 13.2 Å². The summed E-state index contributed by atoms with van der Waals surface area (Å²) in [6.07, 6.45) is 2.73. The predicted octanol–water partition coefficient (Wildman–Crippen LogP) is 3.80. The highest BCUT2D eigenvalue weighted by atomic mass is 79.9. The van der Waals surface area contributed by atoms with Gasteiger partial charge in [0.25, 0.3) is 0 Å². The lowest BCUT2D eigenvalue weighted by molar-refractivity contribution is -0.116. The summed E-state index contributed by atoms with van der Waals surface area (Å²) in [4.78, 5) is 12.4. The lowest BCUT2D eigenvalue weighted by Crippen LogP contribution is -2.27. The maximum atomic E-state index is 12.5. The molecule has 0 aliphatic carbocycles. The summed E-state index contributed by atoms with van der Waals surface area (Å²) in [5.41, 5.74) is 1.68. The van der Waals surface area contributed by atoms with Gasteiger partial charge in [0.1, 0.15) is 0 Å². The molecule has 0 unspecified atom stereocenters. The molecule has 138 valence electrons. The fraction of sp³-hybridized carbons (Fsp3) is 0.316. The van der Waals surface area contributed by atoms with Crippen molar-refractivity contribution in [3.63, 3.8) is 0 Å². The summed E-state index contributed by atoms with van der Waals surface area (Å²) in [5, 5.41) is 2.86. The average molecular weight is 437 g/mol. The summed E-state index contributed by atoms with van der Waals surface area (Å²) in [5.74, 6) is -0.0781. The Kier molecular flexibility index (Phi) is 6.11. The Morgan fingerprint density at radius 3 is 2.35 bits per heavy atom. The van der Waals surface area contributed by atoms with Crippen LogP contribution in [0.2, 0.25) is 0 Å². The fourth-order valence-electron chi connectivity index (χ4n) is 2.94. The number of hydrogen-bond acceptors (Lipinski definition) is 3. The smallest absolute Gasteiger partial charge is 0.243 e. The van der Waals surface area contributed by atoms with E-state index in [0.29, 0.717) is 30.8 Å². The van der Waals surface area contributed by atoms with Crippen LogP contribution in [0.25, 0.3) is 0 Å². The van der Waals surface area contributed by atoms with Gasteiger partial charge in [0, 0.05) is 24.0 Å². The Morgan fingerprint density at radius 2 is 1.69 bits per heavy atom. The summed E-state index contributed by atoms with van der Waals surface area (Å²) in [6.45, 7) is 1.19. The molecule has 1 aliphatic heterocycles. The Morgan fingerprint density at radius 1 is 1.04 bits per heavy atom. The molecule has 26 heavy (non-hydrogen) atoms. The van der Waals surface area contributed by atoms with Crippen LogP contribution in [0.3, 0.4) is 0 Å². The number of halogens is 1. The van der Waals surface area contributed by atoms with Crippen LogP contribution >= 0.6 is 15.9 Å². The van der Waals surface area contributed by atoms with Crippen molar-refractivity contribution in [1.29, 1.82) is 0 Å². The Balaban J connectivity index is 1.57. The summed E-state index contributed by atoms with van der Waals surface area (Å²) >= 11 is 3.40. The predicted molar refractivity (Wildman–Crippen MR) is 106 cm³/mol. The van der Waals surface area contributed by atoms with E-state index in [-0.39, 0.29) is 5.91 Å². The SMILES string of the molecule is O=C(CCc1ccc(S(=O)(=O)N2CCCC2)cc1)Nc1ccccc1Br. The second kappa shape index (κ2) is 8.33. The number of aryl methyl sites for hydroxylation is 1. The van der Waals surface area contributed by atoms with Gasteiger partial charge in [0.2, 0.25) is 15.9 Å². The number of para-hydroxylation sites is 1. The summed E-state index contributed by atoms with van der Waals surface area (Å²) in [7, 11) is -3.38. The van der Waals surface area contributed by atoms with Gasteiger partial charge in [-0.05, 0) is 65.0 Å². The molecule has 1 fully saturated rings. The van der Waals surface area contributed by atoms with Gasteiger partial charge >= 0.3 is 0 Å². The molecule has 1 N–H and O–H groups in total. The third-order valence-corrected chi connectivity index (χ3v) is 7.02. The lowest BCUT2D eigenvalue weighted by atomic mass is 10.1. The maximum absolute atomic E-state index is 12.5. The topological polar surface area (TPSA) is 66.5 Å². The second-order valence-corrected chi connectivity index (χ2v) is 9.08. The zero-order valence-electron chi connectivity index (χ0n) is 14.3. The molecule has 1 heterocycles. The van der Waals surface area contributed by atoms with Gasteiger partial charge in [0.15, 0.2) is 0 Å². The second-order valence-electron chi connectivity index (χ2n) is 6.28. The van der Waals surface area contributed by atoms with Gasteiger partial charge in [-0.25, -0.2) is 8.42 Å². The first-order valence-electron chi connectivity index (χ1n) is 8.60. The molecule has 0 bridgehead atoms. The van der Waals surface area contributed by atoms with E-state index < -0.39 is 10.0 Å². The van der Waals surface area contributed by atoms with E-state index in [1.807, 2.05) is 24.3 Å². The molecule has 7 heteroatoms. The third-order valence-electron chi connectivity index (χ3n) is 4.41. The van der Waals surface area contributed by atoms with E-state index in [1.165, 1.54) is 4.31 Å². The molecule has 3 rings (SSSR count). The molecule has 0 spiro atoms. The number of nitrogens with zero attached hydrogens (tertiary/aromatic N) is 1. The number of carbonyl (C=O) groups excluding carboxylic acids is 1. The molecule has 1 amide bonds. The highest BCUT2D eigenvalue weighted by Crippen LogP contribution is 2.23. The van der Waals surface area contributed by atoms with Crippen LogP contribution in [0.4, 0.5) is 5.69 Å². The standard InChI is InChI=1S/C19H21BrN2O3S/c20-17-5-1-2-6-18(17)21-19(23)12-9-15-7-10-16(11-8-15)26(24,25)22-13-3-4-14-22/h1-2,5-8,10-11H,3-4,9,12-14H2,(H,21,23). The van der Waals surface area contributed by atoms with Crippen molar-refractivity contribution in [2.75, 3.05) is 18.4 Å². The summed E-state index contributed by atoms with van der Waals surface area (Å²) < 4.78 is 27.4. The van der Waals surface area contributed by atoms with Crippen LogP contribution in [0.5, 0.6) is 0 Å². The largest absolute Gasteiger partial charge is 0.325 e. The molecule has 2 aromatic rings. The number of nitrogens with one attached hydrogen (secondary N) is 1. The van der Waals surface area contributed by atoms with Crippen molar-refractivity contribution < 1.29 is 13.2 Å². The minimum atomic E-state index is -3.38. The van der Waals surface area contributed by atoms with Crippen LogP contribution in [0.15, 0.2) is 57.9 Å². The Bertz CT molecular complexity index is 876. The van der Waals surface area contributed by atoms with E-state index in [2.05, 4.69) is 21.2 Å².